The molecule has 1 aromatic carbocycles. The van der Waals surface area contributed by atoms with E-state index in [4.69, 9.17) is 9.72 Å². The van der Waals surface area contributed by atoms with E-state index in [0.29, 0.717) is 6.04 Å². The maximum atomic E-state index is 5.41. The summed E-state index contributed by atoms with van der Waals surface area (Å²) in [7, 11) is 1.68. The van der Waals surface area contributed by atoms with Gasteiger partial charge >= 0.3 is 0 Å². The zero-order chi connectivity index (χ0) is 18.9. The van der Waals surface area contributed by atoms with E-state index >= 15 is 0 Å². The number of nitrogens with zero attached hydrogens (tertiary/aromatic N) is 3. The van der Waals surface area contributed by atoms with Crippen LogP contribution in [0.4, 0.5) is 0 Å². The van der Waals surface area contributed by atoms with Crippen LogP contribution in [0.3, 0.4) is 0 Å². The molecule has 3 aromatic rings. The second-order valence-electron chi connectivity index (χ2n) is 6.88. The molecule has 0 amide bonds. The monoisotopic (exact) mass is 394 g/mol. The van der Waals surface area contributed by atoms with Crippen LogP contribution in [0.25, 0.3) is 21.9 Å². The van der Waals surface area contributed by atoms with Gasteiger partial charge in [-0.25, -0.2) is 4.98 Å². The lowest BCUT2D eigenvalue weighted by molar-refractivity contribution is 0.415. The van der Waals surface area contributed by atoms with Crippen molar-refractivity contribution in [2.45, 2.75) is 18.8 Å². The fourth-order valence-corrected chi connectivity index (χ4v) is 4.42. The zero-order valence-corrected chi connectivity index (χ0v) is 16.4. The molecular formula is C20H22N6OS. The Kier molecular flexibility index (Phi) is 4.59. The van der Waals surface area contributed by atoms with Crippen LogP contribution in [-0.4, -0.2) is 48.1 Å². The van der Waals surface area contributed by atoms with Gasteiger partial charge in [-0.1, -0.05) is 12.1 Å². The lowest BCUT2D eigenvalue weighted by atomic mass is 10.1. The van der Waals surface area contributed by atoms with Crippen molar-refractivity contribution >= 4 is 28.2 Å². The first-order valence-corrected chi connectivity index (χ1v) is 10.3. The molecule has 0 spiro atoms. The van der Waals surface area contributed by atoms with E-state index in [1.165, 1.54) is 0 Å². The Morgan fingerprint density at radius 1 is 1.36 bits per heavy atom. The molecule has 0 aliphatic carbocycles. The minimum Gasteiger partial charge on any atom is -0.497 e. The molecular weight excluding hydrogens is 372 g/mol. The van der Waals surface area contributed by atoms with Crippen LogP contribution < -0.4 is 20.7 Å². The second-order valence-corrected chi connectivity index (χ2v) is 7.75. The quantitative estimate of drug-likeness (QED) is 0.619. The number of fused-ring (bicyclic) bond motifs is 1. The van der Waals surface area contributed by atoms with Gasteiger partial charge in [-0.05, 0) is 31.2 Å². The molecule has 0 radical (unpaired) electrons. The van der Waals surface area contributed by atoms with Crippen LogP contribution in [0.1, 0.15) is 12.1 Å². The third-order valence-corrected chi connectivity index (χ3v) is 5.84. The van der Waals surface area contributed by atoms with Crippen molar-refractivity contribution in [3.63, 3.8) is 0 Å². The molecule has 3 N–H and O–H groups in total. The van der Waals surface area contributed by atoms with Crippen molar-refractivity contribution in [1.29, 1.82) is 0 Å². The molecule has 2 aliphatic rings. The molecule has 8 heteroatoms. The fraction of sp³-hybridized carbons (Fsp3) is 0.300. The Labute approximate surface area is 167 Å². The Balaban J connectivity index is 1.51. The van der Waals surface area contributed by atoms with Gasteiger partial charge < -0.3 is 15.4 Å². The normalized spacial score (nSPS) is 21.7. The SMILES string of the molecule is COc1cccc(-c2nc3sccn3c2C2=CC=NC(N[C@@H]3CCNC3)N2)c1. The van der Waals surface area contributed by atoms with Crippen molar-refractivity contribution < 1.29 is 4.74 Å². The van der Waals surface area contributed by atoms with Crippen LogP contribution in [0.15, 0.2) is 46.9 Å². The summed E-state index contributed by atoms with van der Waals surface area (Å²) in [6.45, 7) is 2.03. The van der Waals surface area contributed by atoms with Crippen LogP contribution in [0.2, 0.25) is 0 Å². The maximum absolute atomic E-state index is 5.41. The standard InChI is InChI=1S/C20H22N6OS/c1-27-15-4-2-3-13(11-15)17-18(26-9-10-28-20(26)25-17)16-6-8-22-19(24-16)23-14-5-7-21-12-14/h2-4,6,8-11,14,19,21,23-24H,5,7,12H2,1H3/t14-,19?/m1/s1. The van der Waals surface area contributed by atoms with Gasteiger partial charge in [0.2, 0.25) is 0 Å². The molecule has 2 aromatic heterocycles. The van der Waals surface area contributed by atoms with Gasteiger partial charge in [0, 0.05) is 35.9 Å². The van der Waals surface area contributed by atoms with Crippen molar-refractivity contribution in [1.82, 2.24) is 25.3 Å². The Morgan fingerprint density at radius 2 is 2.32 bits per heavy atom. The molecule has 144 valence electrons. The summed E-state index contributed by atoms with van der Waals surface area (Å²) in [4.78, 5) is 10.4. The molecule has 1 saturated heterocycles. The number of thiazole rings is 1. The number of hydrogen-bond acceptors (Lipinski definition) is 7. The number of imidazole rings is 1. The largest absolute Gasteiger partial charge is 0.497 e. The maximum Gasteiger partial charge on any atom is 0.194 e. The Hall–Kier alpha value is -2.68. The van der Waals surface area contributed by atoms with Gasteiger partial charge in [-0.2, -0.15) is 0 Å². The number of aliphatic imine (C=N–C) groups is 1. The van der Waals surface area contributed by atoms with E-state index in [1.807, 2.05) is 30.5 Å². The Morgan fingerprint density at radius 3 is 3.18 bits per heavy atom. The van der Waals surface area contributed by atoms with Gasteiger partial charge in [-0.15, -0.1) is 11.3 Å². The zero-order valence-electron chi connectivity index (χ0n) is 15.6. The third kappa shape index (κ3) is 3.19. The molecule has 0 bridgehead atoms. The van der Waals surface area contributed by atoms with Crippen LogP contribution in [-0.2, 0) is 0 Å². The number of ether oxygens (including phenoxy) is 1. The molecule has 0 saturated carbocycles. The molecule has 5 rings (SSSR count). The van der Waals surface area contributed by atoms with Crippen molar-refractivity contribution in [3.05, 3.63) is 47.6 Å². The number of methoxy groups -OCH3 is 1. The van der Waals surface area contributed by atoms with E-state index < -0.39 is 0 Å². The average molecular weight is 395 g/mol. The second kappa shape index (κ2) is 7.38. The highest BCUT2D eigenvalue weighted by atomic mass is 32.1. The van der Waals surface area contributed by atoms with Gasteiger partial charge in [-0.3, -0.25) is 14.7 Å². The smallest absolute Gasteiger partial charge is 0.194 e. The van der Waals surface area contributed by atoms with Crippen LogP contribution in [0, 0.1) is 0 Å². The molecule has 2 aliphatic heterocycles. The highest BCUT2D eigenvalue weighted by Gasteiger charge is 2.24. The number of allylic oxidation sites excluding steroid dienone is 1. The molecule has 4 heterocycles. The molecule has 1 unspecified atom stereocenters. The number of aromatic nitrogens is 2. The third-order valence-electron chi connectivity index (χ3n) is 5.08. The molecule has 2 atom stereocenters. The molecule has 7 nitrogen and oxygen atoms in total. The molecule has 28 heavy (non-hydrogen) atoms. The minimum atomic E-state index is -0.146. The van der Waals surface area contributed by atoms with Crippen molar-refractivity contribution in [2.24, 2.45) is 4.99 Å². The highest BCUT2D eigenvalue weighted by molar-refractivity contribution is 7.15. The van der Waals surface area contributed by atoms with Gasteiger partial charge in [0.15, 0.2) is 11.3 Å². The van der Waals surface area contributed by atoms with Gasteiger partial charge in [0.1, 0.15) is 5.75 Å². The average Bonchev–Trinajstić information content (AvgIpc) is 3.45. The van der Waals surface area contributed by atoms with Crippen LogP contribution >= 0.6 is 11.3 Å². The number of rotatable bonds is 5. The van der Waals surface area contributed by atoms with E-state index in [9.17, 15) is 0 Å². The summed E-state index contributed by atoms with van der Waals surface area (Å²) in [5, 5.41) is 12.5. The minimum absolute atomic E-state index is 0.146. The summed E-state index contributed by atoms with van der Waals surface area (Å²) < 4.78 is 7.54. The van der Waals surface area contributed by atoms with E-state index in [2.05, 4.69) is 43.0 Å². The van der Waals surface area contributed by atoms with E-state index in [-0.39, 0.29) is 6.29 Å². The predicted octanol–water partition coefficient (Wildman–Crippen LogP) is 2.32. The van der Waals surface area contributed by atoms with Crippen molar-refractivity contribution in [3.8, 4) is 17.0 Å². The summed E-state index contributed by atoms with van der Waals surface area (Å²) in [6, 6.07) is 8.46. The topological polar surface area (TPSA) is 75.0 Å². The summed E-state index contributed by atoms with van der Waals surface area (Å²) >= 11 is 1.63. The van der Waals surface area contributed by atoms with E-state index in [0.717, 1.165) is 52.9 Å². The highest BCUT2D eigenvalue weighted by Crippen LogP contribution is 2.32. The summed E-state index contributed by atoms with van der Waals surface area (Å²) in [5.74, 6) is 0.820. The van der Waals surface area contributed by atoms with Gasteiger partial charge in [0.25, 0.3) is 0 Å². The first-order valence-electron chi connectivity index (χ1n) is 9.39. The Bertz CT molecular complexity index is 1050. The summed E-state index contributed by atoms with van der Waals surface area (Å²) in [5.41, 5.74) is 4.00. The molecule has 1 fully saturated rings. The summed E-state index contributed by atoms with van der Waals surface area (Å²) in [6.07, 6.45) is 6.91. The lowest BCUT2D eigenvalue weighted by Crippen LogP contribution is -2.47. The van der Waals surface area contributed by atoms with Gasteiger partial charge in [0.05, 0.1) is 24.2 Å². The number of hydrogen-bond donors (Lipinski definition) is 3. The first-order chi connectivity index (χ1) is 13.8. The lowest BCUT2D eigenvalue weighted by Gasteiger charge is -2.25. The first kappa shape index (κ1) is 17.4. The van der Waals surface area contributed by atoms with Crippen LogP contribution in [0.5, 0.6) is 5.75 Å². The fourth-order valence-electron chi connectivity index (χ4n) is 3.70. The number of nitrogens with one attached hydrogen (secondary N) is 3. The van der Waals surface area contributed by atoms with Crippen molar-refractivity contribution in [2.75, 3.05) is 20.2 Å². The predicted molar refractivity (Wildman–Crippen MR) is 113 cm³/mol. The van der Waals surface area contributed by atoms with E-state index in [1.54, 1.807) is 18.4 Å². The number of benzene rings is 1.